The zero-order valence-electron chi connectivity index (χ0n) is 7.82. The molecule has 6 heteroatoms. The summed E-state index contributed by atoms with van der Waals surface area (Å²) in [6.07, 6.45) is -1.98. The molecule has 0 aliphatic rings. The summed E-state index contributed by atoms with van der Waals surface area (Å²) in [6, 6.07) is 0. The maximum atomic E-state index is 12.4. The minimum atomic E-state index is -2.67. The largest absolute Gasteiger partial charge is 0.388 e. The molecule has 4 nitrogen and oxygen atoms in total. The number of nitrogens with zero attached hydrogens (tertiary/aromatic N) is 2. The maximum absolute atomic E-state index is 12.4. The van der Waals surface area contributed by atoms with Crippen LogP contribution in [0.2, 0.25) is 0 Å². The Morgan fingerprint density at radius 1 is 1.64 bits per heavy atom. The SMILES string of the molecule is Cn1cc([C@H](O)CCN)c(C(F)F)n1. The number of hydrogen-bond donors (Lipinski definition) is 2. The zero-order valence-corrected chi connectivity index (χ0v) is 7.82. The lowest BCUT2D eigenvalue weighted by molar-refractivity contribution is 0.130. The summed E-state index contributed by atoms with van der Waals surface area (Å²) < 4.78 is 26.1. The molecular formula is C8H13F2N3O. The van der Waals surface area contributed by atoms with Crippen molar-refractivity contribution < 1.29 is 13.9 Å². The summed E-state index contributed by atoms with van der Waals surface area (Å²) in [5.41, 5.74) is 5.02. The van der Waals surface area contributed by atoms with Gasteiger partial charge in [-0.3, -0.25) is 4.68 Å². The molecule has 1 heterocycles. The first kappa shape index (κ1) is 11.1. The van der Waals surface area contributed by atoms with Crippen molar-refractivity contribution >= 4 is 0 Å². The van der Waals surface area contributed by atoms with Crippen molar-refractivity contribution in [3.05, 3.63) is 17.5 Å². The highest BCUT2D eigenvalue weighted by molar-refractivity contribution is 5.20. The average molecular weight is 205 g/mol. The van der Waals surface area contributed by atoms with Crippen molar-refractivity contribution in [3.8, 4) is 0 Å². The van der Waals surface area contributed by atoms with Crippen molar-refractivity contribution in [2.75, 3.05) is 6.54 Å². The van der Waals surface area contributed by atoms with Crippen LogP contribution in [0.4, 0.5) is 8.78 Å². The van der Waals surface area contributed by atoms with Gasteiger partial charge in [-0.2, -0.15) is 5.10 Å². The second kappa shape index (κ2) is 4.47. The van der Waals surface area contributed by atoms with Gasteiger partial charge in [0.15, 0.2) is 0 Å². The molecule has 14 heavy (non-hydrogen) atoms. The van der Waals surface area contributed by atoms with Gasteiger partial charge in [-0.15, -0.1) is 0 Å². The topological polar surface area (TPSA) is 64.1 Å². The normalized spacial score (nSPS) is 13.6. The number of aryl methyl sites for hydroxylation is 1. The summed E-state index contributed by atoms with van der Waals surface area (Å²) >= 11 is 0. The summed E-state index contributed by atoms with van der Waals surface area (Å²) in [6.45, 7) is 0.249. The summed E-state index contributed by atoms with van der Waals surface area (Å²) in [4.78, 5) is 0. The van der Waals surface area contributed by atoms with Crippen LogP contribution in [0.5, 0.6) is 0 Å². The first-order valence-electron chi connectivity index (χ1n) is 4.26. The third-order valence-corrected chi connectivity index (χ3v) is 1.89. The molecule has 0 bridgehead atoms. The number of alkyl halides is 2. The molecular weight excluding hydrogens is 192 g/mol. The molecule has 0 unspecified atom stereocenters. The number of halogens is 2. The van der Waals surface area contributed by atoms with Crippen LogP contribution in [0, 0.1) is 0 Å². The quantitative estimate of drug-likeness (QED) is 0.762. The van der Waals surface area contributed by atoms with E-state index in [9.17, 15) is 13.9 Å². The van der Waals surface area contributed by atoms with E-state index >= 15 is 0 Å². The molecule has 0 saturated carbocycles. The molecule has 0 aliphatic heterocycles. The highest BCUT2D eigenvalue weighted by Gasteiger charge is 2.21. The Hall–Kier alpha value is -1.01. The lowest BCUT2D eigenvalue weighted by Gasteiger charge is -2.08. The molecule has 0 amide bonds. The molecule has 0 saturated heterocycles. The predicted octanol–water partition coefficient (Wildman–Crippen LogP) is 0.740. The van der Waals surface area contributed by atoms with Crippen molar-refractivity contribution in [1.82, 2.24) is 9.78 Å². The van der Waals surface area contributed by atoms with Crippen LogP contribution in [0.3, 0.4) is 0 Å². The summed E-state index contributed by atoms with van der Waals surface area (Å²) in [7, 11) is 1.53. The average Bonchev–Trinajstić information content (AvgIpc) is 2.48. The Labute approximate surface area is 80.3 Å². The molecule has 1 aromatic heterocycles. The van der Waals surface area contributed by atoms with E-state index in [-0.39, 0.29) is 24.2 Å². The van der Waals surface area contributed by atoms with Gasteiger partial charge in [0, 0.05) is 18.8 Å². The van der Waals surface area contributed by atoms with Crippen molar-refractivity contribution in [1.29, 1.82) is 0 Å². The van der Waals surface area contributed by atoms with Crippen molar-refractivity contribution in [2.24, 2.45) is 12.8 Å². The van der Waals surface area contributed by atoms with E-state index < -0.39 is 12.5 Å². The Balaban J connectivity index is 2.94. The third-order valence-electron chi connectivity index (χ3n) is 1.89. The lowest BCUT2D eigenvalue weighted by Crippen LogP contribution is -2.08. The highest BCUT2D eigenvalue weighted by atomic mass is 19.3. The maximum Gasteiger partial charge on any atom is 0.282 e. The van der Waals surface area contributed by atoms with E-state index in [0.29, 0.717) is 0 Å². The van der Waals surface area contributed by atoms with Crippen LogP contribution < -0.4 is 5.73 Å². The lowest BCUT2D eigenvalue weighted by atomic mass is 10.1. The number of rotatable bonds is 4. The third kappa shape index (κ3) is 2.27. The Bertz CT molecular complexity index is 301. The molecule has 1 rings (SSSR count). The fraction of sp³-hybridized carbons (Fsp3) is 0.625. The molecule has 0 spiro atoms. The molecule has 0 radical (unpaired) electrons. The molecule has 80 valence electrons. The van der Waals surface area contributed by atoms with Crippen LogP contribution in [0.15, 0.2) is 6.20 Å². The molecule has 3 N–H and O–H groups in total. The van der Waals surface area contributed by atoms with E-state index in [2.05, 4.69) is 5.10 Å². The van der Waals surface area contributed by atoms with Crippen LogP contribution in [0.1, 0.15) is 30.2 Å². The second-order valence-electron chi connectivity index (χ2n) is 3.04. The summed E-state index contributed by atoms with van der Waals surface area (Å²) in [5, 5.41) is 13.1. The minimum Gasteiger partial charge on any atom is -0.388 e. The van der Waals surface area contributed by atoms with Crippen LogP contribution in [-0.2, 0) is 7.05 Å². The van der Waals surface area contributed by atoms with Gasteiger partial charge in [0.1, 0.15) is 5.69 Å². The van der Waals surface area contributed by atoms with E-state index in [1.54, 1.807) is 0 Å². The molecule has 0 aliphatic carbocycles. The zero-order chi connectivity index (χ0) is 10.7. The van der Waals surface area contributed by atoms with Gasteiger partial charge < -0.3 is 10.8 Å². The van der Waals surface area contributed by atoms with Crippen LogP contribution >= 0.6 is 0 Å². The van der Waals surface area contributed by atoms with Gasteiger partial charge in [0.05, 0.1) is 6.10 Å². The van der Waals surface area contributed by atoms with Crippen LogP contribution in [-0.4, -0.2) is 21.4 Å². The van der Waals surface area contributed by atoms with Gasteiger partial charge in [0.25, 0.3) is 6.43 Å². The van der Waals surface area contributed by atoms with Gasteiger partial charge in [-0.05, 0) is 13.0 Å². The standard InChI is InChI=1S/C8H13F2N3O/c1-13-4-5(6(14)2-3-11)7(12-13)8(9)10/h4,6,8,14H,2-3,11H2,1H3/t6-/m1/s1. The highest BCUT2D eigenvalue weighted by Crippen LogP contribution is 2.27. The first-order chi connectivity index (χ1) is 6.56. The van der Waals surface area contributed by atoms with Crippen molar-refractivity contribution in [3.63, 3.8) is 0 Å². The number of aliphatic hydroxyl groups excluding tert-OH is 1. The second-order valence-corrected chi connectivity index (χ2v) is 3.04. The number of hydrogen-bond acceptors (Lipinski definition) is 3. The fourth-order valence-corrected chi connectivity index (χ4v) is 1.26. The molecule has 0 fully saturated rings. The van der Waals surface area contributed by atoms with E-state index in [1.165, 1.54) is 17.9 Å². The van der Waals surface area contributed by atoms with Gasteiger partial charge in [-0.1, -0.05) is 0 Å². The molecule has 0 aromatic carbocycles. The van der Waals surface area contributed by atoms with Crippen molar-refractivity contribution in [2.45, 2.75) is 19.0 Å². The Morgan fingerprint density at radius 2 is 2.29 bits per heavy atom. The fourth-order valence-electron chi connectivity index (χ4n) is 1.26. The first-order valence-corrected chi connectivity index (χ1v) is 4.26. The van der Waals surface area contributed by atoms with E-state index in [0.717, 1.165) is 0 Å². The number of aliphatic hydroxyl groups is 1. The van der Waals surface area contributed by atoms with Crippen LogP contribution in [0.25, 0.3) is 0 Å². The van der Waals surface area contributed by atoms with E-state index in [1.807, 2.05) is 0 Å². The minimum absolute atomic E-state index is 0.160. The summed E-state index contributed by atoms with van der Waals surface area (Å²) in [5.74, 6) is 0. The van der Waals surface area contributed by atoms with Gasteiger partial charge in [-0.25, -0.2) is 8.78 Å². The number of aromatic nitrogens is 2. The predicted molar refractivity (Wildman–Crippen MR) is 46.8 cm³/mol. The smallest absolute Gasteiger partial charge is 0.282 e. The van der Waals surface area contributed by atoms with E-state index in [4.69, 9.17) is 5.73 Å². The van der Waals surface area contributed by atoms with Gasteiger partial charge in [0.2, 0.25) is 0 Å². The monoisotopic (exact) mass is 205 g/mol. The Kier molecular flexibility index (Phi) is 3.54. The number of nitrogens with two attached hydrogens (primary N) is 1. The Morgan fingerprint density at radius 3 is 2.79 bits per heavy atom. The molecule has 1 aromatic rings. The molecule has 1 atom stereocenters. The van der Waals surface area contributed by atoms with Gasteiger partial charge >= 0.3 is 0 Å².